The van der Waals surface area contributed by atoms with Gasteiger partial charge in [-0.15, -0.1) is 0 Å². The van der Waals surface area contributed by atoms with Crippen LogP contribution in [0, 0.1) is 0 Å². The minimum atomic E-state index is 0.481. The molecule has 0 spiro atoms. The smallest absolute Gasteiger partial charge is 0.181 e. The minimum absolute atomic E-state index is 0.481. The van der Waals surface area contributed by atoms with E-state index in [1.807, 2.05) is 18.2 Å². The summed E-state index contributed by atoms with van der Waals surface area (Å²) < 4.78 is 5.26. The van der Waals surface area contributed by atoms with E-state index < -0.39 is 0 Å². The fourth-order valence-corrected chi connectivity index (χ4v) is 1.83. The van der Waals surface area contributed by atoms with Crippen LogP contribution in [-0.2, 0) is 13.1 Å². The van der Waals surface area contributed by atoms with Gasteiger partial charge in [0.05, 0.1) is 6.54 Å². The highest BCUT2D eigenvalue weighted by Gasteiger charge is 2.01. The molecular formula is C13H13N5O. The number of hydrogen-bond acceptors (Lipinski definition) is 6. The maximum atomic E-state index is 5.59. The summed E-state index contributed by atoms with van der Waals surface area (Å²) in [6.45, 7) is 1.27. The Labute approximate surface area is 109 Å². The largest absolute Gasteiger partial charge is 0.443 e. The summed E-state index contributed by atoms with van der Waals surface area (Å²) in [6, 6.07) is 7.59. The van der Waals surface area contributed by atoms with Crippen molar-refractivity contribution >= 4 is 16.9 Å². The molecule has 0 saturated carbocycles. The lowest BCUT2D eigenvalue weighted by Crippen LogP contribution is -2.15. The van der Waals surface area contributed by atoms with Crippen molar-refractivity contribution in [2.75, 3.05) is 5.73 Å². The van der Waals surface area contributed by atoms with Crippen LogP contribution < -0.4 is 11.1 Å². The van der Waals surface area contributed by atoms with E-state index in [-0.39, 0.29) is 0 Å². The van der Waals surface area contributed by atoms with Gasteiger partial charge in [-0.3, -0.25) is 0 Å². The lowest BCUT2D eigenvalue weighted by atomic mass is 10.2. The second kappa shape index (κ2) is 5.03. The molecule has 1 aromatic carbocycles. The zero-order valence-electron chi connectivity index (χ0n) is 10.2. The molecule has 2 aromatic heterocycles. The lowest BCUT2D eigenvalue weighted by Gasteiger charge is -2.04. The molecule has 3 rings (SSSR count). The zero-order chi connectivity index (χ0) is 13.1. The number of nitrogens with one attached hydrogen (secondary N) is 1. The molecule has 0 amide bonds. The molecule has 0 aliphatic rings. The van der Waals surface area contributed by atoms with E-state index in [4.69, 9.17) is 10.2 Å². The van der Waals surface area contributed by atoms with Crippen molar-refractivity contribution in [3.05, 3.63) is 48.2 Å². The highest BCUT2D eigenvalue weighted by Crippen LogP contribution is 2.14. The molecule has 3 N–H and O–H groups in total. The zero-order valence-corrected chi connectivity index (χ0v) is 10.2. The van der Waals surface area contributed by atoms with E-state index in [1.165, 1.54) is 6.39 Å². The molecule has 0 radical (unpaired) electrons. The third-order valence-corrected chi connectivity index (χ3v) is 2.73. The number of benzene rings is 1. The molecule has 2 heterocycles. The Balaban J connectivity index is 1.62. The third kappa shape index (κ3) is 2.69. The Hall–Kier alpha value is -2.47. The van der Waals surface area contributed by atoms with Gasteiger partial charge in [-0.25, -0.2) is 15.0 Å². The third-order valence-electron chi connectivity index (χ3n) is 2.73. The van der Waals surface area contributed by atoms with Gasteiger partial charge in [0.15, 0.2) is 12.0 Å². The summed E-state index contributed by atoms with van der Waals surface area (Å²) in [5.74, 6) is 1.16. The average Bonchev–Trinajstić information content (AvgIpc) is 2.86. The molecule has 6 heteroatoms. The van der Waals surface area contributed by atoms with Gasteiger partial charge in [0.1, 0.15) is 17.2 Å². The molecule has 0 unspecified atom stereocenters. The molecule has 0 saturated heterocycles. The quantitative estimate of drug-likeness (QED) is 0.734. The molecule has 0 aliphatic carbocycles. The topological polar surface area (TPSA) is 89.9 Å². The molecule has 3 aromatic rings. The summed E-state index contributed by atoms with van der Waals surface area (Å²) in [5.41, 5.74) is 8.37. The van der Waals surface area contributed by atoms with Crippen molar-refractivity contribution in [1.29, 1.82) is 0 Å². The van der Waals surface area contributed by atoms with E-state index in [0.717, 1.165) is 16.7 Å². The maximum absolute atomic E-state index is 5.59. The lowest BCUT2D eigenvalue weighted by molar-refractivity contribution is 0.600. The predicted molar refractivity (Wildman–Crippen MR) is 71.0 cm³/mol. The van der Waals surface area contributed by atoms with Crippen LogP contribution in [0.4, 0.5) is 5.82 Å². The normalized spacial score (nSPS) is 10.9. The summed E-state index contributed by atoms with van der Waals surface area (Å²) in [6.07, 6.45) is 3.10. The molecule has 19 heavy (non-hydrogen) atoms. The predicted octanol–water partition coefficient (Wildman–Crippen LogP) is 1.49. The number of nitrogen functional groups attached to an aromatic ring is 1. The summed E-state index contributed by atoms with van der Waals surface area (Å²) in [4.78, 5) is 12.3. The SMILES string of the molecule is Nc1ccnc(CNCc2ccc3ncoc3c2)n1. The van der Waals surface area contributed by atoms with Crippen molar-refractivity contribution in [1.82, 2.24) is 20.3 Å². The van der Waals surface area contributed by atoms with Gasteiger partial charge >= 0.3 is 0 Å². The number of nitrogens with two attached hydrogens (primary N) is 1. The standard InChI is InChI=1S/C13H13N5O/c14-12-3-4-16-13(18-12)7-15-6-9-1-2-10-11(5-9)19-8-17-10/h1-5,8,15H,6-7H2,(H2,14,16,18). The van der Waals surface area contributed by atoms with E-state index in [1.54, 1.807) is 12.3 Å². The molecule has 96 valence electrons. The van der Waals surface area contributed by atoms with Crippen LogP contribution in [0.3, 0.4) is 0 Å². The average molecular weight is 255 g/mol. The van der Waals surface area contributed by atoms with Crippen LogP contribution in [-0.4, -0.2) is 15.0 Å². The van der Waals surface area contributed by atoms with Gasteiger partial charge in [-0.1, -0.05) is 6.07 Å². The molecule has 0 fully saturated rings. The number of fused-ring (bicyclic) bond motifs is 1. The summed E-state index contributed by atoms with van der Waals surface area (Å²) >= 11 is 0. The number of hydrogen-bond donors (Lipinski definition) is 2. The highest BCUT2D eigenvalue weighted by molar-refractivity contribution is 5.72. The van der Waals surface area contributed by atoms with Gasteiger partial charge in [0.2, 0.25) is 0 Å². The van der Waals surface area contributed by atoms with E-state index >= 15 is 0 Å². The van der Waals surface area contributed by atoms with Crippen LogP contribution >= 0.6 is 0 Å². The number of rotatable bonds is 4. The van der Waals surface area contributed by atoms with Crippen molar-refractivity contribution in [2.45, 2.75) is 13.1 Å². The van der Waals surface area contributed by atoms with Crippen molar-refractivity contribution in [3.63, 3.8) is 0 Å². The minimum Gasteiger partial charge on any atom is -0.443 e. The summed E-state index contributed by atoms with van der Waals surface area (Å²) in [5, 5.41) is 3.26. The van der Waals surface area contributed by atoms with Gasteiger partial charge in [0.25, 0.3) is 0 Å². The van der Waals surface area contributed by atoms with Gasteiger partial charge in [-0.05, 0) is 23.8 Å². The van der Waals surface area contributed by atoms with Gasteiger partial charge in [0, 0.05) is 12.7 Å². The summed E-state index contributed by atoms with van der Waals surface area (Å²) in [7, 11) is 0. The van der Waals surface area contributed by atoms with Gasteiger partial charge < -0.3 is 15.5 Å². The van der Waals surface area contributed by atoms with Crippen LogP contribution in [0.25, 0.3) is 11.1 Å². The second-order valence-electron chi connectivity index (χ2n) is 4.16. The number of anilines is 1. The molecule has 6 nitrogen and oxygen atoms in total. The van der Waals surface area contributed by atoms with Crippen LogP contribution in [0.1, 0.15) is 11.4 Å². The van der Waals surface area contributed by atoms with Crippen molar-refractivity contribution in [2.24, 2.45) is 0 Å². The first-order chi connectivity index (χ1) is 9.31. The first kappa shape index (κ1) is 11.6. The number of oxazole rings is 1. The monoisotopic (exact) mass is 255 g/mol. The molecule has 0 bridgehead atoms. The van der Waals surface area contributed by atoms with E-state index in [0.29, 0.717) is 24.7 Å². The van der Waals surface area contributed by atoms with E-state index in [2.05, 4.69) is 20.3 Å². The van der Waals surface area contributed by atoms with Crippen molar-refractivity contribution < 1.29 is 4.42 Å². The van der Waals surface area contributed by atoms with E-state index in [9.17, 15) is 0 Å². The first-order valence-corrected chi connectivity index (χ1v) is 5.91. The Kier molecular flexibility index (Phi) is 3.07. The Morgan fingerprint density at radius 2 is 2.11 bits per heavy atom. The van der Waals surface area contributed by atoms with Crippen LogP contribution in [0.15, 0.2) is 41.3 Å². The number of nitrogens with zero attached hydrogens (tertiary/aromatic N) is 3. The van der Waals surface area contributed by atoms with Crippen LogP contribution in [0.5, 0.6) is 0 Å². The molecule has 0 aliphatic heterocycles. The Bertz CT molecular complexity index is 694. The molecular weight excluding hydrogens is 242 g/mol. The Morgan fingerprint density at radius 1 is 1.16 bits per heavy atom. The number of aromatic nitrogens is 3. The fraction of sp³-hybridized carbons (Fsp3) is 0.154. The van der Waals surface area contributed by atoms with Crippen LogP contribution in [0.2, 0.25) is 0 Å². The fourth-order valence-electron chi connectivity index (χ4n) is 1.83. The maximum Gasteiger partial charge on any atom is 0.181 e. The highest BCUT2D eigenvalue weighted by atomic mass is 16.3. The van der Waals surface area contributed by atoms with Gasteiger partial charge in [-0.2, -0.15) is 0 Å². The molecule has 0 atom stereocenters. The Morgan fingerprint density at radius 3 is 3.00 bits per heavy atom. The second-order valence-corrected chi connectivity index (χ2v) is 4.16. The van der Waals surface area contributed by atoms with Crippen molar-refractivity contribution in [3.8, 4) is 0 Å². The first-order valence-electron chi connectivity index (χ1n) is 5.91.